The van der Waals surface area contributed by atoms with E-state index in [4.69, 9.17) is 21.1 Å². The van der Waals surface area contributed by atoms with Gasteiger partial charge in [-0.25, -0.2) is 8.42 Å². The number of likely N-dealkylation sites (N-methyl/N-ethyl adjacent to an activating group) is 1. The molecule has 0 atom stereocenters. The highest BCUT2D eigenvalue weighted by atomic mass is 35.5. The van der Waals surface area contributed by atoms with Gasteiger partial charge in [-0.05, 0) is 35.9 Å². The number of anilines is 1. The summed E-state index contributed by atoms with van der Waals surface area (Å²) in [6.45, 7) is 0.884. The first-order valence-corrected chi connectivity index (χ1v) is 12.1. The van der Waals surface area contributed by atoms with Crippen molar-refractivity contribution in [3.8, 4) is 5.75 Å². The normalized spacial score (nSPS) is 14.5. The Balaban J connectivity index is 1.64. The summed E-state index contributed by atoms with van der Waals surface area (Å²) in [4.78, 5) is 26.2. The van der Waals surface area contributed by atoms with E-state index in [1.807, 2.05) is 0 Å². The van der Waals surface area contributed by atoms with Gasteiger partial charge in [-0.15, -0.1) is 0 Å². The molecule has 2 aromatic rings. The second-order valence-corrected chi connectivity index (χ2v) is 9.80. The van der Waals surface area contributed by atoms with Crippen molar-refractivity contribution in [2.75, 3.05) is 52.3 Å². The Hall–Kier alpha value is -2.66. The van der Waals surface area contributed by atoms with Crippen LogP contribution in [-0.2, 0) is 30.8 Å². The van der Waals surface area contributed by atoms with E-state index in [0.29, 0.717) is 19.0 Å². The van der Waals surface area contributed by atoms with Crippen LogP contribution in [0, 0.1) is 0 Å². The second-order valence-electron chi connectivity index (χ2n) is 7.49. The fourth-order valence-electron chi connectivity index (χ4n) is 3.30. The quantitative estimate of drug-likeness (QED) is 0.600. The lowest BCUT2D eigenvalue weighted by Crippen LogP contribution is -2.40. The van der Waals surface area contributed by atoms with Gasteiger partial charge in [-0.2, -0.15) is 4.31 Å². The number of nitrogens with one attached hydrogen (secondary N) is 1. The molecular weight excluding hydrogens is 470 g/mol. The molecule has 0 aromatic heterocycles. The van der Waals surface area contributed by atoms with Gasteiger partial charge in [0.05, 0.1) is 38.3 Å². The predicted molar refractivity (Wildman–Crippen MR) is 124 cm³/mol. The monoisotopic (exact) mass is 495 g/mol. The Morgan fingerprint density at radius 1 is 1.18 bits per heavy atom. The summed E-state index contributed by atoms with van der Waals surface area (Å²) < 4.78 is 37.6. The van der Waals surface area contributed by atoms with Crippen LogP contribution in [0.1, 0.15) is 5.56 Å². The van der Waals surface area contributed by atoms with Gasteiger partial charge in [0.25, 0.3) is 0 Å². The molecule has 1 N–H and O–H groups in total. The number of halogens is 1. The van der Waals surface area contributed by atoms with Gasteiger partial charge in [0, 0.05) is 25.8 Å². The average Bonchev–Trinajstić information content (AvgIpc) is 2.80. The van der Waals surface area contributed by atoms with Crippen molar-refractivity contribution in [1.29, 1.82) is 0 Å². The third kappa shape index (κ3) is 6.44. The smallest absolute Gasteiger partial charge is 0.244 e. The number of methoxy groups -OCH3 is 1. The average molecular weight is 496 g/mol. The lowest BCUT2D eigenvalue weighted by molar-refractivity contribution is -0.132. The molecule has 0 bridgehead atoms. The Morgan fingerprint density at radius 2 is 1.91 bits per heavy atom. The first kappa shape index (κ1) is 25.0. The molecule has 178 valence electrons. The van der Waals surface area contributed by atoms with E-state index in [9.17, 15) is 18.0 Å². The molecule has 9 nitrogen and oxygen atoms in total. The summed E-state index contributed by atoms with van der Waals surface area (Å²) in [5.41, 5.74) is 1.03. The Morgan fingerprint density at radius 3 is 2.61 bits per heavy atom. The first-order chi connectivity index (χ1) is 15.7. The molecule has 11 heteroatoms. The molecule has 2 amide bonds. The van der Waals surface area contributed by atoms with Crippen molar-refractivity contribution >= 4 is 39.1 Å². The number of sulfonamides is 1. The number of nitrogens with zero attached hydrogens (tertiary/aromatic N) is 2. The zero-order chi connectivity index (χ0) is 24.0. The highest BCUT2D eigenvalue weighted by molar-refractivity contribution is 7.89. The highest BCUT2D eigenvalue weighted by Crippen LogP contribution is 2.28. The van der Waals surface area contributed by atoms with Crippen LogP contribution in [0.2, 0.25) is 5.02 Å². The number of hydrogen-bond acceptors (Lipinski definition) is 6. The lowest BCUT2D eigenvalue weighted by Gasteiger charge is -2.26. The summed E-state index contributed by atoms with van der Waals surface area (Å²) >= 11 is 6.15. The van der Waals surface area contributed by atoms with Gasteiger partial charge in [0.1, 0.15) is 10.6 Å². The molecule has 1 saturated heterocycles. The number of rotatable bonds is 8. The summed E-state index contributed by atoms with van der Waals surface area (Å²) in [5.74, 6) is -0.0649. The molecule has 1 aliphatic heterocycles. The van der Waals surface area contributed by atoms with Gasteiger partial charge < -0.3 is 19.7 Å². The number of benzene rings is 2. The maximum atomic E-state index is 12.9. The van der Waals surface area contributed by atoms with Crippen LogP contribution in [-0.4, -0.2) is 76.4 Å². The van der Waals surface area contributed by atoms with Gasteiger partial charge in [0.2, 0.25) is 21.8 Å². The van der Waals surface area contributed by atoms with E-state index in [1.165, 1.54) is 34.5 Å². The maximum absolute atomic E-state index is 12.9. The summed E-state index contributed by atoms with van der Waals surface area (Å²) in [6, 6.07) is 11.4. The molecule has 0 saturated carbocycles. The van der Waals surface area contributed by atoms with E-state index in [-0.39, 0.29) is 47.6 Å². The van der Waals surface area contributed by atoms with Crippen molar-refractivity contribution in [3.63, 3.8) is 0 Å². The second kappa shape index (κ2) is 11.0. The van der Waals surface area contributed by atoms with Gasteiger partial charge in [0.15, 0.2) is 0 Å². The van der Waals surface area contributed by atoms with E-state index >= 15 is 0 Å². The van der Waals surface area contributed by atoms with Crippen molar-refractivity contribution in [1.82, 2.24) is 9.21 Å². The summed E-state index contributed by atoms with van der Waals surface area (Å²) in [7, 11) is -0.759. The molecular formula is C22H26ClN3O6S. The topological polar surface area (TPSA) is 105 Å². The van der Waals surface area contributed by atoms with Gasteiger partial charge in [-0.1, -0.05) is 23.7 Å². The minimum absolute atomic E-state index is 0.0603. The number of amides is 2. The molecule has 0 unspecified atom stereocenters. The van der Waals surface area contributed by atoms with Crippen LogP contribution in [0.5, 0.6) is 5.75 Å². The molecule has 3 rings (SSSR count). The predicted octanol–water partition coefficient (Wildman–Crippen LogP) is 2.01. The maximum Gasteiger partial charge on any atom is 0.244 e. The first-order valence-electron chi connectivity index (χ1n) is 10.2. The number of morpholine rings is 1. The third-order valence-corrected chi connectivity index (χ3v) is 7.48. The molecule has 0 radical (unpaired) electrons. The molecule has 1 heterocycles. The number of hydrogen-bond donors (Lipinski definition) is 1. The van der Waals surface area contributed by atoms with Crippen LogP contribution in [0.25, 0.3) is 0 Å². The molecule has 1 aliphatic rings. The van der Waals surface area contributed by atoms with Crippen molar-refractivity contribution < 1.29 is 27.5 Å². The highest BCUT2D eigenvalue weighted by Gasteiger charge is 2.28. The van der Waals surface area contributed by atoms with Crippen molar-refractivity contribution in [2.45, 2.75) is 11.3 Å². The molecule has 33 heavy (non-hydrogen) atoms. The summed E-state index contributed by atoms with van der Waals surface area (Å²) in [6.07, 6.45) is 0.115. The largest absolute Gasteiger partial charge is 0.497 e. The van der Waals surface area contributed by atoms with Crippen LogP contribution in [0.15, 0.2) is 47.4 Å². The lowest BCUT2D eigenvalue weighted by atomic mass is 10.1. The van der Waals surface area contributed by atoms with E-state index in [2.05, 4.69) is 5.32 Å². The van der Waals surface area contributed by atoms with Gasteiger partial charge >= 0.3 is 0 Å². The van der Waals surface area contributed by atoms with E-state index in [1.54, 1.807) is 31.4 Å². The number of carbonyl (C=O) groups excluding carboxylic acids is 2. The fraction of sp³-hybridized carbons (Fsp3) is 0.364. The van der Waals surface area contributed by atoms with E-state index in [0.717, 1.165) is 5.56 Å². The molecule has 2 aromatic carbocycles. The van der Waals surface area contributed by atoms with Crippen LogP contribution < -0.4 is 10.1 Å². The molecule has 0 spiro atoms. The van der Waals surface area contributed by atoms with Crippen LogP contribution >= 0.6 is 11.6 Å². The number of carbonyl (C=O) groups is 2. The minimum atomic E-state index is -3.83. The SMILES string of the molecule is COc1cccc(CC(=O)N(C)CC(=O)Nc2ccc(Cl)c(S(=O)(=O)N3CCOCC3)c2)c1. The Bertz CT molecular complexity index is 1120. The molecule has 0 aliphatic carbocycles. The number of ether oxygens (including phenoxy) is 2. The third-order valence-electron chi connectivity index (χ3n) is 5.10. The molecule has 1 fully saturated rings. The summed E-state index contributed by atoms with van der Waals surface area (Å²) in [5, 5.41) is 2.69. The van der Waals surface area contributed by atoms with E-state index < -0.39 is 15.9 Å². The van der Waals surface area contributed by atoms with Crippen molar-refractivity contribution in [2.24, 2.45) is 0 Å². The van der Waals surface area contributed by atoms with Crippen LogP contribution in [0.4, 0.5) is 5.69 Å². The van der Waals surface area contributed by atoms with Crippen LogP contribution in [0.3, 0.4) is 0 Å². The Kier molecular flexibility index (Phi) is 8.30. The fourth-order valence-corrected chi connectivity index (χ4v) is 5.21. The minimum Gasteiger partial charge on any atom is -0.497 e. The Labute approximate surface area is 198 Å². The van der Waals surface area contributed by atoms with Gasteiger partial charge in [-0.3, -0.25) is 9.59 Å². The zero-order valence-electron chi connectivity index (χ0n) is 18.4. The zero-order valence-corrected chi connectivity index (χ0v) is 20.0. The standard InChI is InChI=1S/C22H26ClN3O6S/c1-25(22(28)13-16-4-3-5-18(12-16)31-2)15-21(27)24-17-6-7-19(23)20(14-17)33(29,30)26-8-10-32-11-9-26/h3-7,12,14H,8-11,13,15H2,1-2H3,(H,24,27). The van der Waals surface area contributed by atoms with Crippen molar-refractivity contribution in [3.05, 3.63) is 53.1 Å².